The second-order valence-electron chi connectivity index (χ2n) is 4.64. The molecule has 0 unspecified atom stereocenters. The molecule has 223 valence electrons. The van der Waals surface area contributed by atoms with Crippen molar-refractivity contribution < 1.29 is 121 Å². The molecule has 0 saturated carbocycles. The van der Waals surface area contributed by atoms with Gasteiger partial charge in [-0.3, -0.25) is 0 Å². The van der Waals surface area contributed by atoms with Crippen LogP contribution in [0.4, 0.5) is 0 Å². The van der Waals surface area contributed by atoms with Gasteiger partial charge in [0.15, 0.2) is 0 Å². The molecule has 2 rings (SSSR count). The molecule has 0 aliphatic carbocycles. The van der Waals surface area contributed by atoms with E-state index in [1.165, 1.54) is 0 Å². The van der Waals surface area contributed by atoms with Crippen molar-refractivity contribution in [2.45, 2.75) is 0 Å². The molecule has 2 aromatic rings. The summed E-state index contributed by atoms with van der Waals surface area (Å²) in [6, 6.07) is 5.66. The molecule has 0 saturated heterocycles. The van der Waals surface area contributed by atoms with Gasteiger partial charge in [-0.1, -0.05) is 23.6 Å². The molecule has 0 aliphatic rings. The number of hydrogen-bond acceptors (Lipinski definition) is 6. The summed E-state index contributed by atoms with van der Waals surface area (Å²) in [6.07, 6.45) is 0. The molecule has 37 heavy (non-hydrogen) atoms. The number of carbonyl (C=O) groups is 4. The Bertz CT molecular complexity index is 828. The largest absolute Gasteiger partial charge is 2.00 e. The molecular weight excluding hydrogens is 571 g/mol. The number of carboxylic acid groups (broad SMARTS) is 4. The van der Waals surface area contributed by atoms with Gasteiger partial charge in [-0.05, 0) is 24.3 Å². The van der Waals surface area contributed by atoms with Gasteiger partial charge < -0.3 is 85.4 Å². The second-order valence-corrected chi connectivity index (χ2v) is 4.64. The van der Waals surface area contributed by atoms with Crippen LogP contribution >= 0.6 is 0 Å². The van der Waals surface area contributed by atoms with E-state index in [9.17, 15) is 29.4 Å². The number of carboxylic acids is 4. The molecule has 21 heteroatoms. The van der Waals surface area contributed by atoms with Crippen molar-refractivity contribution in [3.8, 4) is 11.5 Å². The molecule has 0 bridgehead atoms. The fourth-order valence-electron chi connectivity index (χ4n) is 1.66. The summed E-state index contributed by atoms with van der Waals surface area (Å²) in [7, 11) is 0. The Kier molecular flexibility index (Phi) is 56.7. The van der Waals surface area contributed by atoms with Crippen LogP contribution in [0.2, 0.25) is 0 Å². The number of rotatable bonds is 4. The normalized spacial score (nSPS) is 6.70. The molecule has 0 atom stereocenters. The van der Waals surface area contributed by atoms with Crippen molar-refractivity contribution in [2.24, 2.45) is 0 Å². The Morgan fingerprint density at radius 2 is 0.703 bits per heavy atom. The minimum absolute atomic E-state index is 0. The van der Waals surface area contributed by atoms with Crippen LogP contribution in [0.25, 0.3) is 0 Å². The van der Waals surface area contributed by atoms with Crippen molar-refractivity contribution in [2.75, 3.05) is 0 Å². The third kappa shape index (κ3) is 20.0. The van der Waals surface area contributed by atoms with E-state index in [4.69, 9.17) is 20.4 Å². The predicted molar refractivity (Wildman–Crippen MR) is 123 cm³/mol. The Morgan fingerprint density at radius 3 is 0.865 bits per heavy atom. The summed E-state index contributed by atoms with van der Waals surface area (Å²) in [5, 5.41) is 55.7. The summed E-state index contributed by atoms with van der Waals surface area (Å²) in [4.78, 5) is 41.6. The molecule has 0 fully saturated rings. The quantitative estimate of drug-likeness (QED) is 0.238. The Labute approximate surface area is 215 Å². The van der Waals surface area contributed by atoms with Crippen LogP contribution in [0.1, 0.15) is 41.4 Å². The molecule has 0 heterocycles. The first-order chi connectivity index (χ1) is 12.0. The summed E-state index contributed by atoms with van der Waals surface area (Å²) >= 11 is 0. The van der Waals surface area contributed by atoms with E-state index in [0.717, 1.165) is 36.4 Å². The molecule has 0 aromatic heterocycles. The standard InChI is InChI=1S/2C8H6O5.Co.10H2O/c2*9-6-2-1-4(7(10)11)3-5(6)8(12)13;;;;;;;;;;;/h2*1-3,9H,(H,10,11)(H,12,13);;10*1H2/q;;+2;;;;;;;;;;/p+4. The fourth-order valence-corrected chi connectivity index (χ4v) is 1.66. The van der Waals surface area contributed by atoms with Gasteiger partial charge in [0.2, 0.25) is 0 Å². The van der Waals surface area contributed by atoms with E-state index in [1.807, 2.05) is 0 Å². The predicted octanol–water partition coefficient (Wildman–Crippen LogP) is -8.52. The van der Waals surface area contributed by atoms with Gasteiger partial charge in [0.25, 0.3) is 0 Å². The van der Waals surface area contributed by atoms with Crippen LogP contribution < -0.4 is 10.2 Å². The Morgan fingerprint density at radius 1 is 0.486 bits per heavy atom. The molecule has 0 aliphatic heterocycles. The fraction of sp³-hybridized carbons (Fsp3) is 0. The van der Waals surface area contributed by atoms with Gasteiger partial charge in [-0.15, -0.1) is 0 Å². The van der Waals surface area contributed by atoms with E-state index < -0.39 is 46.5 Å². The first-order valence-corrected chi connectivity index (χ1v) is 6.60. The van der Waals surface area contributed by atoms with Crippen LogP contribution in [0.3, 0.4) is 0 Å². The van der Waals surface area contributed by atoms with Crippen molar-refractivity contribution in [3.63, 3.8) is 0 Å². The van der Waals surface area contributed by atoms with Crippen molar-refractivity contribution in [3.05, 3.63) is 58.7 Å². The van der Waals surface area contributed by atoms with E-state index in [2.05, 4.69) is 0 Å². The number of benzene rings is 2. The number of hydrogen-bond donors (Lipinski definition) is 4. The zero-order chi connectivity index (χ0) is 20.0. The van der Waals surface area contributed by atoms with E-state index in [1.54, 1.807) is 0 Å². The second kappa shape index (κ2) is 30.1. The van der Waals surface area contributed by atoms with Gasteiger partial charge in [0.1, 0.15) is 0 Å². The number of aromatic carboxylic acids is 4. The molecule has 0 spiro atoms. The molecule has 30 N–H and O–H groups in total. The zero-order valence-corrected chi connectivity index (χ0v) is 19.5. The van der Waals surface area contributed by atoms with E-state index >= 15 is 0 Å². The molecule has 2 aromatic carbocycles. The average molecular weight is 607 g/mol. The minimum atomic E-state index is -1.42. The van der Waals surface area contributed by atoms with Gasteiger partial charge in [-0.25, -0.2) is 19.2 Å². The smallest absolute Gasteiger partial charge is 0.872 e. The topological polar surface area (TPSA) is 519 Å². The average Bonchev–Trinajstić information content (AvgIpc) is 2.55. The minimum Gasteiger partial charge on any atom is -0.872 e. The first-order valence-electron chi connectivity index (χ1n) is 6.60. The maximum Gasteiger partial charge on any atom is 2.00 e. The SMILES string of the molecule is O.O.O.O.O=C(O)c1ccc([O-])c(C(=O)O)c1.O=C(O)c1ccc([O-])c(C(=O)O)c1.[Co+2].[OH3+].[OH3+].[OH3+].[OH3+].[OH3+].[OH3+]. The molecule has 1 radical (unpaired) electrons. The van der Waals surface area contributed by atoms with Crippen molar-refractivity contribution in [1.82, 2.24) is 0 Å². The van der Waals surface area contributed by atoms with Gasteiger partial charge in [0.05, 0.1) is 22.3 Å². The van der Waals surface area contributed by atoms with Crippen molar-refractivity contribution in [1.29, 1.82) is 0 Å². The Balaban J connectivity index is -0.0000000313. The molecular formula is C16H36CoO20+6. The van der Waals surface area contributed by atoms with Crippen LogP contribution in [-0.4, -0.2) is 66.2 Å². The summed E-state index contributed by atoms with van der Waals surface area (Å²) in [5.41, 5.74) is -1.48. The summed E-state index contributed by atoms with van der Waals surface area (Å²) in [6.45, 7) is 0. The maximum atomic E-state index is 10.9. The monoisotopic (exact) mass is 607 g/mol. The summed E-state index contributed by atoms with van der Waals surface area (Å²) < 4.78 is 0. The van der Waals surface area contributed by atoms with Crippen LogP contribution in [0.5, 0.6) is 11.5 Å². The third-order valence-corrected chi connectivity index (χ3v) is 2.91. The van der Waals surface area contributed by atoms with Crippen LogP contribution in [0.15, 0.2) is 36.4 Å². The van der Waals surface area contributed by atoms with Crippen molar-refractivity contribution >= 4 is 23.9 Å². The molecule has 20 nitrogen and oxygen atoms in total. The van der Waals surface area contributed by atoms with Gasteiger partial charge >= 0.3 is 40.7 Å². The summed E-state index contributed by atoms with van der Waals surface area (Å²) in [5.74, 6) is -6.76. The Hall–Kier alpha value is -3.97. The van der Waals surface area contributed by atoms with E-state index in [0.29, 0.717) is 0 Å². The van der Waals surface area contributed by atoms with Gasteiger partial charge in [-0.2, -0.15) is 0 Å². The van der Waals surface area contributed by atoms with Gasteiger partial charge in [0, 0.05) is 0 Å². The van der Waals surface area contributed by atoms with E-state index in [-0.39, 0.29) is 82.7 Å². The molecule has 0 amide bonds. The third-order valence-electron chi connectivity index (χ3n) is 2.91. The van der Waals surface area contributed by atoms with Crippen LogP contribution in [-0.2, 0) is 49.6 Å². The first kappa shape index (κ1) is 69.8. The zero-order valence-electron chi connectivity index (χ0n) is 18.5. The van der Waals surface area contributed by atoms with Crippen LogP contribution in [0, 0.1) is 0 Å². The maximum absolute atomic E-state index is 10.9.